The number of hydrogen-bond acceptors (Lipinski definition) is 3. The van der Waals surface area contributed by atoms with E-state index in [1.807, 2.05) is 19.2 Å². The Bertz CT molecular complexity index is 930. The third kappa shape index (κ3) is 4.08. The molecule has 0 saturated carbocycles. The molecule has 3 heteroatoms. The lowest BCUT2D eigenvalue weighted by molar-refractivity contribution is 0.304. The van der Waals surface area contributed by atoms with Crippen LogP contribution in [-0.2, 0) is 6.61 Å². The van der Waals surface area contributed by atoms with Gasteiger partial charge in [0.25, 0.3) is 0 Å². The SMILES string of the molecule is CNc1cccc(C)c1COc1cc(C)c(-c2ccc(OC)cc2)cc1C. The van der Waals surface area contributed by atoms with E-state index in [-0.39, 0.29) is 0 Å². The number of ether oxygens (including phenoxy) is 2. The summed E-state index contributed by atoms with van der Waals surface area (Å²) in [5.74, 6) is 1.79. The van der Waals surface area contributed by atoms with E-state index in [0.29, 0.717) is 6.61 Å². The average molecular weight is 361 g/mol. The maximum Gasteiger partial charge on any atom is 0.123 e. The molecule has 1 N–H and O–H groups in total. The van der Waals surface area contributed by atoms with Crippen molar-refractivity contribution in [2.45, 2.75) is 27.4 Å². The Labute approximate surface area is 162 Å². The molecule has 0 bridgehead atoms. The third-order valence-corrected chi connectivity index (χ3v) is 4.97. The number of benzene rings is 3. The summed E-state index contributed by atoms with van der Waals surface area (Å²) in [7, 11) is 3.63. The molecule has 0 unspecified atom stereocenters. The third-order valence-electron chi connectivity index (χ3n) is 4.97. The molecule has 0 aliphatic rings. The van der Waals surface area contributed by atoms with Crippen molar-refractivity contribution in [3.63, 3.8) is 0 Å². The molecular formula is C24H27NO2. The number of nitrogens with one attached hydrogen (secondary N) is 1. The van der Waals surface area contributed by atoms with Crippen LogP contribution in [0.3, 0.4) is 0 Å². The van der Waals surface area contributed by atoms with E-state index in [0.717, 1.165) is 22.7 Å². The van der Waals surface area contributed by atoms with Gasteiger partial charge in [-0.3, -0.25) is 0 Å². The van der Waals surface area contributed by atoms with Crippen molar-refractivity contribution >= 4 is 5.69 Å². The molecule has 0 amide bonds. The van der Waals surface area contributed by atoms with Gasteiger partial charge in [-0.25, -0.2) is 0 Å². The molecule has 3 rings (SSSR count). The van der Waals surface area contributed by atoms with Gasteiger partial charge in [-0.05, 0) is 78.9 Å². The summed E-state index contributed by atoms with van der Waals surface area (Å²) in [5, 5.41) is 3.25. The van der Waals surface area contributed by atoms with Gasteiger partial charge in [0, 0.05) is 18.3 Å². The monoisotopic (exact) mass is 361 g/mol. The fourth-order valence-corrected chi connectivity index (χ4v) is 3.30. The molecule has 140 valence electrons. The van der Waals surface area contributed by atoms with Crippen LogP contribution in [0.5, 0.6) is 11.5 Å². The van der Waals surface area contributed by atoms with Gasteiger partial charge in [0.05, 0.1) is 7.11 Å². The molecule has 0 fully saturated rings. The fourth-order valence-electron chi connectivity index (χ4n) is 3.30. The molecule has 3 nitrogen and oxygen atoms in total. The number of hydrogen-bond donors (Lipinski definition) is 1. The van der Waals surface area contributed by atoms with Crippen LogP contribution in [0.1, 0.15) is 22.3 Å². The van der Waals surface area contributed by atoms with E-state index in [1.54, 1.807) is 7.11 Å². The Morgan fingerprint density at radius 1 is 0.852 bits per heavy atom. The summed E-state index contributed by atoms with van der Waals surface area (Å²) < 4.78 is 11.4. The van der Waals surface area contributed by atoms with Crippen LogP contribution >= 0.6 is 0 Å². The summed E-state index contributed by atoms with van der Waals surface area (Å²) in [6.45, 7) is 6.88. The fraction of sp³-hybridized carbons (Fsp3) is 0.250. The van der Waals surface area contributed by atoms with Crippen LogP contribution in [0.4, 0.5) is 5.69 Å². The van der Waals surface area contributed by atoms with Crippen molar-refractivity contribution in [2.24, 2.45) is 0 Å². The topological polar surface area (TPSA) is 30.5 Å². The Kier molecular flexibility index (Phi) is 5.70. The van der Waals surface area contributed by atoms with Crippen LogP contribution in [0.25, 0.3) is 11.1 Å². The largest absolute Gasteiger partial charge is 0.497 e. The van der Waals surface area contributed by atoms with Crippen molar-refractivity contribution in [1.29, 1.82) is 0 Å². The second-order valence-corrected chi connectivity index (χ2v) is 6.80. The molecule has 0 spiro atoms. The summed E-state index contributed by atoms with van der Waals surface area (Å²) in [5.41, 5.74) is 8.25. The average Bonchev–Trinajstić information content (AvgIpc) is 2.69. The summed E-state index contributed by atoms with van der Waals surface area (Å²) in [6, 6.07) is 18.7. The van der Waals surface area contributed by atoms with Gasteiger partial charge in [-0.1, -0.05) is 24.3 Å². The van der Waals surface area contributed by atoms with Crippen molar-refractivity contribution in [3.05, 3.63) is 76.9 Å². The molecule has 0 aromatic heterocycles. The van der Waals surface area contributed by atoms with Crippen LogP contribution < -0.4 is 14.8 Å². The summed E-state index contributed by atoms with van der Waals surface area (Å²) >= 11 is 0. The Morgan fingerprint density at radius 2 is 1.59 bits per heavy atom. The van der Waals surface area contributed by atoms with E-state index in [4.69, 9.17) is 9.47 Å². The van der Waals surface area contributed by atoms with Gasteiger partial charge in [0.2, 0.25) is 0 Å². The maximum absolute atomic E-state index is 6.19. The minimum absolute atomic E-state index is 0.547. The molecule has 0 heterocycles. The lowest BCUT2D eigenvalue weighted by Gasteiger charge is -2.17. The zero-order chi connectivity index (χ0) is 19.4. The van der Waals surface area contributed by atoms with Crippen LogP contribution in [0.15, 0.2) is 54.6 Å². The van der Waals surface area contributed by atoms with Crippen molar-refractivity contribution in [1.82, 2.24) is 0 Å². The zero-order valence-electron chi connectivity index (χ0n) is 16.7. The highest BCUT2D eigenvalue weighted by Gasteiger charge is 2.10. The van der Waals surface area contributed by atoms with Gasteiger partial charge in [-0.2, -0.15) is 0 Å². The molecule has 0 atom stereocenters. The quantitative estimate of drug-likeness (QED) is 0.592. The van der Waals surface area contributed by atoms with Crippen molar-refractivity contribution in [3.8, 4) is 22.6 Å². The molecule has 3 aromatic carbocycles. The van der Waals surface area contributed by atoms with E-state index in [2.05, 4.69) is 68.6 Å². The molecule has 0 aliphatic heterocycles. The second kappa shape index (κ2) is 8.17. The highest BCUT2D eigenvalue weighted by atomic mass is 16.5. The lowest BCUT2D eigenvalue weighted by atomic mass is 9.97. The lowest BCUT2D eigenvalue weighted by Crippen LogP contribution is -2.04. The van der Waals surface area contributed by atoms with Gasteiger partial charge >= 0.3 is 0 Å². The van der Waals surface area contributed by atoms with Gasteiger partial charge in [-0.15, -0.1) is 0 Å². The Morgan fingerprint density at radius 3 is 2.26 bits per heavy atom. The van der Waals surface area contributed by atoms with Crippen molar-refractivity contribution in [2.75, 3.05) is 19.5 Å². The van der Waals surface area contributed by atoms with Crippen LogP contribution in [0, 0.1) is 20.8 Å². The van der Waals surface area contributed by atoms with Crippen molar-refractivity contribution < 1.29 is 9.47 Å². The highest BCUT2D eigenvalue weighted by molar-refractivity contribution is 5.70. The first-order valence-corrected chi connectivity index (χ1v) is 9.18. The van der Waals surface area contributed by atoms with Crippen LogP contribution in [-0.4, -0.2) is 14.2 Å². The Balaban J connectivity index is 1.85. The maximum atomic E-state index is 6.19. The summed E-state index contributed by atoms with van der Waals surface area (Å²) in [6.07, 6.45) is 0. The summed E-state index contributed by atoms with van der Waals surface area (Å²) in [4.78, 5) is 0. The molecule has 0 aliphatic carbocycles. The first-order valence-electron chi connectivity index (χ1n) is 9.18. The van der Waals surface area contributed by atoms with Gasteiger partial charge in [0.1, 0.15) is 18.1 Å². The first-order chi connectivity index (χ1) is 13.0. The van der Waals surface area contributed by atoms with Crippen LogP contribution in [0.2, 0.25) is 0 Å². The molecule has 27 heavy (non-hydrogen) atoms. The minimum atomic E-state index is 0.547. The molecule has 3 aromatic rings. The number of methoxy groups -OCH3 is 1. The van der Waals surface area contributed by atoms with Gasteiger partial charge < -0.3 is 14.8 Å². The number of aryl methyl sites for hydroxylation is 3. The van der Waals surface area contributed by atoms with E-state index in [9.17, 15) is 0 Å². The van der Waals surface area contributed by atoms with E-state index in [1.165, 1.54) is 27.8 Å². The van der Waals surface area contributed by atoms with E-state index >= 15 is 0 Å². The number of anilines is 1. The standard InChI is InChI=1S/C24H27NO2/c1-16-7-6-8-23(25-4)22(16)15-27-24-14-17(2)21(13-18(24)3)19-9-11-20(26-5)12-10-19/h6-14,25H,15H2,1-5H3. The highest BCUT2D eigenvalue weighted by Crippen LogP contribution is 2.32. The molecule has 0 radical (unpaired) electrons. The predicted molar refractivity (Wildman–Crippen MR) is 113 cm³/mol. The predicted octanol–water partition coefficient (Wildman–Crippen LogP) is 5.91. The second-order valence-electron chi connectivity index (χ2n) is 6.80. The Hall–Kier alpha value is -2.94. The molecular weight excluding hydrogens is 334 g/mol. The molecule has 0 saturated heterocycles. The zero-order valence-corrected chi connectivity index (χ0v) is 16.7. The van der Waals surface area contributed by atoms with E-state index < -0.39 is 0 Å². The first kappa shape index (κ1) is 18.8. The normalized spacial score (nSPS) is 10.6. The minimum Gasteiger partial charge on any atom is -0.497 e. The number of rotatable bonds is 6. The van der Waals surface area contributed by atoms with Gasteiger partial charge in [0.15, 0.2) is 0 Å². The smallest absolute Gasteiger partial charge is 0.123 e.